The van der Waals surface area contributed by atoms with Crippen LogP contribution in [-0.4, -0.2) is 26.2 Å². The van der Waals surface area contributed by atoms with Crippen molar-refractivity contribution in [1.82, 2.24) is 0 Å². The lowest BCUT2D eigenvalue weighted by atomic mass is 9.97. The fraction of sp³-hybridized carbons (Fsp3) is 0.333. The molecule has 1 atom stereocenters. The summed E-state index contributed by atoms with van der Waals surface area (Å²) in [4.78, 5) is 4.34. The summed E-state index contributed by atoms with van der Waals surface area (Å²) in [7, 11) is 0. The van der Waals surface area contributed by atoms with Crippen molar-refractivity contribution in [2.75, 3.05) is 26.2 Å². The van der Waals surface area contributed by atoms with E-state index in [0.29, 0.717) is 6.04 Å². The predicted octanol–water partition coefficient (Wildman–Crippen LogP) is 1.55. The van der Waals surface area contributed by atoms with Gasteiger partial charge in [0.05, 0.1) is 5.02 Å². The van der Waals surface area contributed by atoms with Gasteiger partial charge in [0, 0.05) is 21.8 Å². The smallest absolute Gasteiger partial charge is 0.127 e. The van der Waals surface area contributed by atoms with Crippen molar-refractivity contribution < 1.29 is 10.2 Å². The molecular formula is C18H21ClN2S+2. The Hall–Kier alpha value is -1.00. The van der Waals surface area contributed by atoms with Crippen molar-refractivity contribution >= 4 is 23.4 Å². The predicted molar refractivity (Wildman–Crippen MR) is 90.8 cm³/mol. The zero-order valence-electron chi connectivity index (χ0n) is 12.5. The summed E-state index contributed by atoms with van der Waals surface area (Å²) in [6, 6.07) is 15.8. The molecule has 2 aromatic carbocycles. The Bertz CT molecular complexity index is 683. The summed E-state index contributed by atoms with van der Waals surface area (Å²) in [6.07, 6.45) is 1.12. The molecule has 0 unspecified atom stereocenters. The van der Waals surface area contributed by atoms with Crippen molar-refractivity contribution in [2.45, 2.75) is 22.3 Å². The maximum absolute atomic E-state index is 6.55. The Kier molecular flexibility index (Phi) is 4.14. The Balaban J connectivity index is 1.82. The quantitative estimate of drug-likeness (QED) is 0.812. The lowest BCUT2D eigenvalue weighted by molar-refractivity contribution is -0.972. The van der Waals surface area contributed by atoms with Gasteiger partial charge in [0.25, 0.3) is 0 Å². The van der Waals surface area contributed by atoms with Gasteiger partial charge in [-0.2, -0.15) is 0 Å². The van der Waals surface area contributed by atoms with E-state index in [-0.39, 0.29) is 0 Å². The lowest BCUT2D eigenvalue weighted by Gasteiger charge is -2.31. The Labute approximate surface area is 140 Å². The van der Waals surface area contributed by atoms with Crippen LogP contribution >= 0.6 is 23.4 Å². The van der Waals surface area contributed by atoms with E-state index in [1.54, 1.807) is 4.90 Å². The van der Waals surface area contributed by atoms with Gasteiger partial charge in [-0.15, -0.1) is 0 Å². The third-order valence-electron chi connectivity index (χ3n) is 4.81. The molecule has 2 aliphatic rings. The number of hydrogen-bond donors (Lipinski definition) is 2. The van der Waals surface area contributed by atoms with Gasteiger partial charge in [0.2, 0.25) is 0 Å². The Morgan fingerprint density at radius 3 is 2.73 bits per heavy atom. The van der Waals surface area contributed by atoms with Gasteiger partial charge in [-0.1, -0.05) is 53.7 Å². The minimum Gasteiger partial charge on any atom is -0.337 e. The highest BCUT2D eigenvalue weighted by Gasteiger charge is 2.33. The molecule has 2 aromatic rings. The summed E-state index contributed by atoms with van der Waals surface area (Å²) in [5.41, 5.74) is 2.90. The number of nitrogens with one attached hydrogen (secondary N) is 1. The third-order valence-corrected chi connectivity index (χ3v) is 6.52. The number of piperazine rings is 1. The van der Waals surface area contributed by atoms with Gasteiger partial charge < -0.3 is 10.2 Å². The van der Waals surface area contributed by atoms with Gasteiger partial charge >= 0.3 is 0 Å². The molecule has 0 amide bonds. The van der Waals surface area contributed by atoms with Crippen LogP contribution in [0.3, 0.4) is 0 Å². The van der Waals surface area contributed by atoms with Crippen molar-refractivity contribution in [3.05, 3.63) is 58.6 Å². The summed E-state index contributed by atoms with van der Waals surface area (Å²) < 4.78 is 0. The summed E-state index contributed by atoms with van der Waals surface area (Å²) >= 11 is 8.39. The molecule has 0 radical (unpaired) electrons. The first-order chi connectivity index (χ1) is 10.8. The average molecular weight is 333 g/mol. The molecule has 1 fully saturated rings. The van der Waals surface area contributed by atoms with Gasteiger partial charge in [-0.25, -0.2) is 0 Å². The van der Waals surface area contributed by atoms with Crippen LogP contribution in [0.25, 0.3) is 0 Å². The molecule has 0 aromatic heterocycles. The highest BCUT2D eigenvalue weighted by atomic mass is 35.5. The lowest BCUT2D eigenvalue weighted by Crippen LogP contribution is -3.20. The highest BCUT2D eigenvalue weighted by Crippen LogP contribution is 2.43. The number of quaternary nitrogens is 2. The van der Waals surface area contributed by atoms with E-state index in [2.05, 4.69) is 41.7 Å². The number of rotatable bonds is 1. The van der Waals surface area contributed by atoms with Gasteiger partial charge in [-0.05, 0) is 17.7 Å². The van der Waals surface area contributed by atoms with E-state index in [4.69, 9.17) is 11.6 Å². The van der Waals surface area contributed by atoms with E-state index in [1.807, 2.05) is 17.8 Å². The number of benzene rings is 2. The van der Waals surface area contributed by atoms with Crippen molar-refractivity contribution in [2.24, 2.45) is 0 Å². The minimum absolute atomic E-state index is 0.526. The number of halogens is 1. The van der Waals surface area contributed by atoms with Crippen LogP contribution in [0, 0.1) is 0 Å². The molecule has 22 heavy (non-hydrogen) atoms. The second-order valence-electron chi connectivity index (χ2n) is 6.15. The molecule has 1 saturated heterocycles. The van der Waals surface area contributed by atoms with E-state index in [9.17, 15) is 0 Å². The normalized spacial score (nSPS) is 21.8. The van der Waals surface area contributed by atoms with Crippen LogP contribution in [0.1, 0.15) is 17.2 Å². The minimum atomic E-state index is 0.526. The first-order valence-corrected chi connectivity index (χ1v) is 9.23. The van der Waals surface area contributed by atoms with E-state index < -0.39 is 0 Å². The average Bonchev–Trinajstić information content (AvgIpc) is 2.73. The van der Waals surface area contributed by atoms with Crippen LogP contribution in [0.15, 0.2) is 52.3 Å². The molecule has 114 valence electrons. The fourth-order valence-corrected chi connectivity index (χ4v) is 5.12. The second-order valence-corrected chi connectivity index (χ2v) is 7.61. The number of hydrogen-bond acceptors (Lipinski definition) is 1. The largest absolute Gasteiger partial charge is 0.337 e. The van der Waals surface area contributed by atoms with Crippen LogP contribution in [-0.2, 0) is 6.42 Å². The van der Waals surface area contributed by atoms with Crippen LogP contribution in [0.2, 0.25) is 5.02 Å². The molecule has 2 heterocycles. The van der Waals surface area contributed by atoms with Crippen LogP contribution in [0.5, 0.6) is 0 Å². The standard InChI is InChI=1S/C18H19ClN2S/c19-15-6-3-5-14-16(21-10-8-20-9-11-21)12-13-4-1-2-7-17(13)22-18(14)15/h1-7,16,20H,8-12H2/p+2/t16-/m1/s1. The second kappa shape index (κ2) is 6.25. The van der Waals surface area contributed by atoms with Crippen molar-refractivity contribution in [3.8, 4) is 0 Å². The van der Waals surface area contributed by atoms with Gasteiger partial charge in [-0.3, -0.25) is 0 Å². The molecule has 4 heteroatoms. The SMILES string of the molecule is Clc1cccc2c1Sc1ccccc1C[C@H]2[NH+]1CC[NH2+]CC1. The summed E-state index contributed by atoms with van der Waals surface area (Å²) in [5.74, 6) is 0. The molecular weight excluding hydrogens is 312 g/mol. The molecule has 0 bridgehead atoms. The van der Waals surface area contributed by atoms with E-state index in [0.717, 1.165) is 11.4 Å². The molecule has 2 aliphatic heterocycles. The van der Waals surface area contributed by atoms with E-state index in [1.165, 1.54) is 47.1 Å². The third kappa shape index (κ3) is 2.67. The molecule has 0 saturated carbocycles. The van der Waals surface area contributed by atoms with Gasteiger partial charge in [0.15, 0.2) is 0 Å². The zero-order valence-corrected chi connectivity index (χ0v) is 14.1. The first kappa shape index (κ1) is 14.6. The first-order valence-electron chi connectivity index (χ1n) is 8.03. The van der Waals surface area contributed by atoms with Crippen LogP contribution < -0.4 is 10.2 Å². The number of nitrogens with two attached hydrogens (primary N) is 1. The monoisotopic (exact) mass is 332 g/mol. The molecule has 0 aliphatic carbocycles. The van der Waals surface area contributed by atoms with Crippen LogP contribution in [0.4, 0.5) is 0 Å². The maximum atomic E-state index is 6.55. The van der Waals surface area contributed by atoms with E-state index >= 15 is 0 Å². The molecule has 2 nitrogen and oxygen atoms in total. The fourth-order valence-electron chi connectivity index (χ4n) is 3.68. The summed E-state index contributed by atoms with van der Waals surface area (Å²) in [6.45, 7) is 4.94. The highest BCUT2D eigenvalue weighted by molar-refractivity contribution is 7.99. The summed E-state index contributed by atoms with van der Waals surface area (Å²) in [5, 5.41) is 3.33. The van der Waals surface area contributed by atoms with Crippen molar-refractivity contribution in [1.29, 1.82) is 0 Å². The topological polar surface area (TPSA) is 21.1 Å². The number of fused-ring (bicyclic) bond motifs is 2. The van der Waals surface area contributed by atoms with Gasteiger partial charge in [0.1, 0.15) is 32.2 Å². The maximum Gasteiger partial charge on any atom is 0.127 e. The zero-order chi connectivity index (χ0) is 14.9. The molecule has 4 rings (SSSR count). The van der Waals surface area contributed by atoms with Crippen molar-refractivity contribution in [3.63, 3.8) is 0 Å². The Morgan fingerprint density at radius 2 is 1.86 bits per heavy atom. The molecule has 0 spiro atoms. The Morgan fingerprint density at radius 1 is 1.05 bits per heavy atom. The molecule has 3 N–H and O–H groups in total.